The highest BCUT2D eigenvalue weighted by atomic mass is 28.1. The van der Waals surface area contributed by atoms with Crippen molar-refractivity contribution < 1.29 is 17.9 Å². The van der Waals surface area contributed by atoms with Gasteiger partial charge in [0.25, 0.3) is 0 Å². The molecule has 0 aliphatic carbocycles. The lowest BCUT2D eigenvalue weighted by Gasteiger charge is -2.19. The SMILES string of the molecule is Cc1ccc(OC(F)(F)c2ccc(C[SiH3])cc2F)cc1. The summed E-state index contributed by atoms with van der Waals surface area (Å²) in [6.45, 7) is 1.84. The van der Waals surface area contributed by atoms with Gasteiger partial charge in [-0.15, -0.1) is 0 Å². The van der Waals surface area contributed by atoms with Crippen LogP contribution in [0.3, 0.4) is 0 Å². The van der Waals surface area contributed by atoms with Gasteiger partial charge >= 0.3 is 6.11 Å². The van der Waals surface area contributed by atoms with Crippen molar-refractivity contribution in [1.29, 1.82) is 0 Å². The highest BCUT2D eigenvalue weighted by molar-refractivity contribution is 6.08. The van der Waals surface area contributed by atoms with Crippen molar-refractivity contribution in [2.45, 2.75) is 19.1 Å². The third-order valence-corrected chi connectivity index (χ3v) is 3.84. The first-order valence-corrected chi connectivity index (χ1v) is 7.76. The quantitative estimate of drug-likeness (QED) is 0.788. The molecule has 0 fully saturated rings. The van der Waals surface area contributed by atoms with E-state index >= 15 is 0 Å². The molecule has 0 N–H and O–H groups in total. The molecule has 2 aromatic carbocycles. The topological polar surface area (TPSA) is 9.23 Å². The van der Waals surface area contributed by atoms with Gasteiger partial charge in [-0.25, -0.2) is 4.39 Å². The fourth-order valence-electron chi connectivity index (χ4n) is 1.82. The molecule has 0 spiro atoms. The van der Waals surface area contributed by atoms with Crippen molar-refractivity contribution in [2.75, 3.05) is 0 Å². The molecule has 0 heterocycles. The summed E-state index contributed by atoms with van der Waals surface area (Å²) in [5, 5.41) is 0. The first-order valence-electron chi connectivity index (χ1n) is 6.35. The molecule has 0 bridgehead atoms. The highest BCUT2D eigenvalue weighted by Crippen LogP contribution is 2.33. The Hall–Kier alpha value is -1.75. The minimum Gasteiger partial charge on any atom is -0.429 e. The van der Waals surface area contributed by atoms with Crippen LogP contribution in [-0.4, -0.2) is 10.2 Å². The van der Waals surface area contributed by atoms with E-state index < -0.39 is 17.5 Å². The van der Waals surface area contributed by atoms with E-state index in [1.54, 1.807) is 12.1 Å². The normalized spacial score (nSPS) is 11.6. The van der Waals surface area contributed by atoms with Gasteiger partial charge in [0.1, 0.15) is 11.6 Å². The minimum absolute atomic E-state index is 0.00646. The monoisotopic (exact) mass is 296 g/mol. The average Bonchev–Trinajstić information content (AvgIpc) is 2.40. The molecule has 0 atom stereocenters. The third-order valence-electron chi connectivity index (χ3n) is 3.02. The van der Waals surface area contributed by atoms with Gasteiger partial charge in [-0.3, -0.25) is 0 Å². The van der Waals surface area contributed by atoms with Gasteiger partial charge in [0, 0.05) is 10.2 Å². The molecular weight excluding hydrogens is 281 g/mol. The van der Waals surface area contributed by atoms with Gasteiger partial charge in [0.05, 0.1) is 5.56 Å². The second-order valence-electron chi connectivity index (χ2n) is 4.60. The summed E-state index contributed by atoms with van der Waals surface area (Å²) >= 11 is 0. The highest BCUT2D eigenvalue weighted by Gasteiger charge is 2.37. The maximum Gasteiger partial charge on any atom is 0.429 e. The molecule has 0 amide bonds. The van der Waals surface area contributed by atoms with Crippen molar-refractivity contribution in [3.63, 3.8) is 0 Å². The van der Waals surface area contributed by atoms with Crippen LogP contribution in [0.4, 0.5) is 13.2 Å². The van der Waals surface area contributed by atoms with Crippen molar-refractivity contribution in [3.8, 4) is 5.75 Å². The van der Waals surface area contributed by atoms with E-state index in [0.29, 0.717) is 0 Å². The van der Waals surface area contributed by atoms with Crippen LogP contribution in [0.5, 0.6) is 5.75 Å². The molecule has 0 saturated carbocycles. The maximum atomic E-state index is 14.0. The Balaban J connectivity index is 2.27. The van der Waals surface area contributed by atoms with E-state index in [9.17, 15) is 13.2 Å². The Morgan fingerprint density at radius 3 is 2.30 bits per heavy atom. The molecule has 0 saturated heterocycles. The first kappa shape index (κ1) is 14.7. The van der Waals surface area contributed by atoms with E-state index in [0.717, 1.165) is 39.5 Å². The number of halogens is 3. The lowest BCUT2D eigenvalue weighted by Crippen LogP contribution is -2.23. The van der Waals surface area contributed by atoms with Gasteiger partial charge in [-0.1, -0.05) is 23.8 Å². The Labute approximate surface area is 118 Å². The van der Waals surface area contributed by atoms with Crippen molar-refractivity contribution in [3.05, 3.63) is 65.0 Å². The predicted molar refractivity (Wildman–Crippen MR) is 75.7 cm³/mol. The number of ether oxygens (including phenoxy) is 1. The minimum atomic E-state index is -3.69. The van der Waals surface area contributed by atoms with Gasteiger partial charge in [0.2, 0.25) is 0 Å². The fourth-order valence-corrected chi connectivity index (χ4v) is 2.26. The standard InChI is InChI=1S/C15H15F3OSi/c1-10-2-5-12(6-3-10)19-15(17,18)13-7-4-11(9-20)8-14(13)16/h2-8H,9H2,1,20H3. The number of rotatable bonds is 4. The zero-order valence-corrected chi connectivity index (χ0v) is 13.3. The van der Waals surface area contributed by atoms with Crippen LogP contribution in [0.2, 0.25) is 0 Å². The van der Waals surface area contributed by atoms with Crippen LogP contribution in [0.15, 0.2) is 42.5 Å². The van der Waals surface area contributed by atoms with Crippen LogP contribution in [-0.2, 0) is 12.2 Å². The zero-order chi connectivity index (χ0) is 14.8. The molecule has 0 aromatic heterocycles. The van der Waals surface area contributed by atoms with Crippen molar-refractivity contribution >= 4 is 10.2 Å². The van der Waals surface area contributed by atoms with Crippen LogP contribution < -0.4 is 4.74 Å². The summed E-state index contributed by atoms with van der Waals surface area (Å²) in [5.74, 6) is -0.928. The average molecular weight is 296 g/mol. The van der Waals surface area contributed by atoms with Gasteiger partial charge in [-0.2, -0.15) is 8.78 Å². The molecule has 0 aliphatic heterocycles. The summed E-state index contributed by atoms with van der Waals surface area (Å²) < 4.78 is 46.4. The van der Waals surface area contributed by atoms with Gasteiger partial charge in [0.15, 0.2) is 0 Å². The summed E-state index contributed by atoms with van der Waals surface area (Å²) in [7, 11) is 0.856. The van der Waals surface area contributed by atoms with Crippen LogP contribution >= 0.6 is 0 Å². The summed E-state index contributed by atoms with van der Waals surface area (Å²) in [5.41, 5.74) is 0.921. The van der Waals surface area contributed by atoms with Crippen LogP contribution in [0.1, 0.15) is 16.7 Å². The number of hydrogen-bond acceptors (Lipinski definition) is 1. The number of alkyl halides is 2. The second-order valence-corrected chi connectivity index (χ2v) is 5.31. The molecule has 0 radical (unpaired) electrons. The van der Waals surface area contributed by atoms with Crippen LogP contribution in [0.25, 0.3) is 0 Å². The van der Waals surface area contributed by atoms with Crippen molar-refractivity contribution in [2.24, 2.45) is 0 Å². The Kier molecular flexibility index (Phi) is 4.18. The largest absolute Gasteiger partial charge is 0.429 e. The second kappa shape index (κ2) is 5.71. The van der Waals surface area contributed by atoms with E-state index in [-0.39, 0.29) is 5.75 Å². The lowest BCUT2D eigenvalue weighted by atomic mass is 10.1. The van der Waals surface area contributed by atoms with Gasteiger partial charge < -0.3 is 4.74 Å². The molecule has 2 rings (SSSR count). The van der Waals surface area contributed by atoms with E-state index in [1.807, 2.05) is 6.92 Å². The molecule has 0 aliphatic rings. The number of aryl methyl sites for hydroxylation is 1. The van der Waals surface area contributed by atoms with E-state index in [2.05, 4.69) is 4.74 Å². The fraction of sp³-hybridized carbons (Fsp3) is 0.200. The smallest absolute Gasteiger partial charge is 0.429 e. The summed E-state index contributed by atoms with van der Waals surface area (Å²) in [4.78, 5) is 0. The summed E-state index contributed by atoms with van der Waals surface area (Å²) in [6, 6.07) is 10.7. The van der Waals surface area contributed by atoms with E-state index in [1.165, 1.54) is 18.2 Å². The van der Waals surface area contributed by atoms with Gasteiger partial charge in [-0.05, 0) is 42.8 Å². The summed E-state index contributed by atoms with van der Waals surface area (Å²) in [6.07, 6.45) is -3.69. The molecule has 2 aromatic rings. The van der Waals surface area contributed by atoms with Crippen LogP contribution in [0, 0.1) is 12.7 Å². The molecule has 0 unspecified atom stereocenters. The molecule has 20 heavy (non-hydrogen) atoms. The number of hydrogen-bond donors (Lipinski definition) is 0. The first-order chi connectivity index (χ1) is 9.42. The maximum absolute atomic E-state index is 14.0. The Bertz CT molecular complexity index is 597. The van der Waals surface area contributed by atoms with E-state index in [4.69, 9.17) is 0 Å². The Morgan fingerprint density at radius 2 is 1.75 bits per heavy atom. The molecule has 106 valence electrons. The molecule has 1 nitrogen and oxygen atoms in total. The predicted octanol–water partition coefficient (Wildman–Crippen LogP) is 3.13. The lowest BCUT2D eigenvalue weighted by molar-refractivity contribution is -0.187. The van der Waals surface area contributed by atoms with Crippen molar-refractivity contribution in [1.82, 2.24) is 0 Å². The molecular formula is C15H15F3OSi. The Morgan fingerprint density at radius 1 is 1.10 bits per heavy atom. The molecule has 5 heteroatoms. The zero-order valence-electron chi connectivity index (χ0n) is 11.3. The third kappa shape index (κ3) is 3.22. The number of benzene rings is 2.